The van der Waals surface area contributed by atoms with Crippen LogP contribution in [0.25, 0.3) is 0 Å². The Kier molecular flexibility index (Phi) is 3.14. The molecule has 1 unspecified atom stereocenters. The lowest BCUT2D eigenvalue weighted by Crippen LogP contribution is -2.13. The predicted molar refractivity (Wildman–Crippen MR) is 72.8 cm³/mol. The molecule has 2 N–H and O–H groups in total. The van der Waals surface area contributed by atoms with E-state index in [0.29, 0.717) is 5.22 Å². The number of benzene rings is 1. The largest absolute Gasteiger partial charge is 0.453 e. The predicted octanol–water partition coefficient (Wildman–Crippen LogP) is 3.66. The molecule has 94 valence electrons. The van der Waals surface area contributed by atoms with E-state index in [0.717, 1.165) is 12.0 Å². The zero-order valence-electron chi connectivity index (χ0n) is 10.2. The minimum Gasteiger partial charge on any atom is -0.453 e. The van der Waals surface area contributed by atoms with Crippen molar-refractivity contribution in [1.29, 1.82) is 0 Å². The number of hydrogen-bond acceptors (Lipinski definition) is 2. The van der Waals surface area contributed by atoms with Crippen LogP contribution in [-0.2, 0) is 19.3 Å². The van der Waals surface area contributed by atoms with Gasteiger partial charge >= 0.3 is 0 Å². The van der Waals surface area contributed by atoms with Gasteiger partial charge in [0.2, 0.25) is 0 Å². The highest BCUT2D eigenvalue weighted by molar-refractivity contribution is 6.29. The smallest absolute Gasteiger partial charge is 0.197 e. The average Bonchev–Trinajstić information content (AvgIpc) is 2.96. The summed E-state index contributed by atoms with van der Waals surface area (Å²) in [6.07, 6.45) is 6.07. The Morgan fingerprint density at radius 3 is 2.83 bits per heavy atom. The van der Waals surface area contributed by atoms with Gasteiger partial charge in [-0.15, -0.1) is 0 Å². The van der Waals surface area contributed by atoms with Gasteiger partial charge in [-0.3, -0.25) is 0 Å². The Morgan fingerprint density at radius 1 is 1.22 bits per heavy atom. The van der Waals surface area contributed by atoms with Crippen LogP contribution in [0, 0.1) is 0 Å². The number of rotatable bonds is 3. The van der Waals surface area contributed by atoms with Gasteiger partial charge in [-0.2, -0.15) is 0 Å². The molecule has 1 heterocycles. The molecule has 0 bridgehead atoms. The summed E-state index contributed by atoms with van der Waals surface area (Å²) in [5.41, 5.74) is 11.3. The van der Waals surface area contributed by atoms with E-state index in [-0.39, 0.29) is 6.04 Å². The third-order valence-corrected chi connectivity index (χ3v) is 3.97. The molecule has 3 heteroatoms. The van der Waals surface area contributed by atoms with Gasteiger partial charge in [0.25, 0.3) is 0 Å². The normalized spacial score (nSPS) is 15.7. The van der Waals surface area contributed by atoms with E-state index in [2.05, 4.69) is 18.2 Å². The minimum absolute atomic E-state index is 0.101. The fraction of sp³-hybridized carbons (Fsp3) is 0.333. The highest BCUT2D eigenvalue weighted by Crippen LogP contribution is 2.27. The lowest BCUT2D eigenvalue weighted by molar-refractivity contribution is 0.560. The Balaban J connectivity index is 1.79. The van der Waals surface area contributed by atoms with Crippen molar-refractivity contribution in [2.75, 3.05) is 0 Å². The first-order valence-electron chi connectivity index (χ1n) is 6.33. The Bertz CT molecular complexity index is 561. The van der Waals surface area contributed by atoms with Crippen LogP contribution >= 0.6 is 11.6 Å². The second-order valence-corrected chi connectivity index (χ2v) is 5.26. The summed E-state index contributed by atoms with van der Waals surface area (Å²) in [6, 6.07) is 8.45. The molecule has 1 aromatic heterocycles. The van der Waals surface area contributed by atoms with Crippen LogP contribution in [-0.4, -0.2) is 0 Å². The highest BCUT2D eigenvalue weighted by atomic mass is 35.5. The fourth-order valence-corrected chi connectivity index (χ4v) is 2.94. The van der Waals surface area contributed by atoms with E-state index in [4.69, 9.17) is 21.8 Å². The molecule has 0 amide bonds. The lowest BCUT2D eigenvalue weighted by atomic mass is 9.99. The molecule has 0 fully saturated rings. The van der Waals surface area contributed by atoms with E-state index in [1.807, 2.05) is 6.07 Å². The fourth-order valence-electron chi connectivity index (χ4n) is 2.69. The summed E-state index contributed by atoms with van der Waals surface area (Å²) in [7, 11) is 0. The molecule has 0 saturated heterocycles. The van der Waals surface area contributed by atoms with Gasteiger partial charge in [0.1, 0.15) is 0 Å². The minimum atomic E-state index is -0.101. The first-order valence-corrected chi connectivity index (χ1v) is 6.71. The van der Waals surface area contributed by atoms with E-state index >= 15 is 0 Å². The van der Waals surface area contributed by atoms with Crippen LogP contribution < -0.4 is 5.73 Å². The van der Waals surface area contributed by atoms with Gasteiger partial charge in [0, 0.05) is 11.6 Å². The Hall–Kier alpha value is -1.25. The molecular formula is C15H16ClNO. The molecule has 1 atom stereocenters. The van der Waals surface area contributed by atoms with Crippen molar-refractivity contribution in [2.24, 2.45) is 5.73 Å². The van der Waals surface area contributed by atoms with Crippen LogP contribution in [0.5, 0.6) is 0 Å². The summed E-state index contributed by atoms with van der Waals surface area (Å²) < 4.78 is 5.08. The second-order valence-electron chi connectivity index (χ2n) is 4.92. The van der Waals surface area contributed by atoms with Crippen LogP contribution in [0.15, 0.2) is 34.9 Å². The van der Waals surface area contributed by atoms with Crippen molar-refractivity contribution in [1.82, 2.24) is 0 Å². The highest BCUT2D eigenvalue weighted by Gasteiger charge is 2.15. The first kappa shape index (κ1) is 11.8. The van der Waals surface area contributed by atoms with E-state index in [1.165, 1.54) is 36.0 Å². The third kappa shape index (κ3) is 2.18. The van der Waals surface area contributed by atoms with Gasteiger partial charge < -0.3 is 10.2 Å². The van der Waals surface area contributed by atoms with Gasteiger partial charge in [0.05, 0.1) is 6.26 Å². The molecule has 1 aliphatic rings. The Morgan fingerprint density at radius 2 is 2.06 bits per heavy atom. The van der Waals surface area contributed by atoms with Crippen molar-refractivity contribution < 1.29 is 4.42 Å². The monoisotopic (exact) mass is 261 g/mol. The van der Waals surface area contributed by atoms with Crippen LogP contribution in [0.4, 0.5) is 0 Å². The molecule has 0 spiro atoms. The van der Waals surface area contributed by atoms with Crippen LogP contribution in [0.1, 0.15) is 34.7 Å². The quantitative estimate of drug-likeness (QED) is 0.916. The van der Waals surface area contributed by atoms with Crippen molar-refractivity contribution >= 4 is 11.6 Å². The molecule has 2 aromatic rings. The Labute approximate surface area is 112 Å². The maximum Gasteiger partial charge on any atom is 0.197 e. The number of halogens is 1. The summed E-state index contributed by atoms with van der Waals surface area (Å²) in [5.74, 6) is 0. The van der Waals surface area contributed by atoms with E-state index < -0.39 is 0 Å². The van der Waals surface area contributed by atoms with Crippen molar-refractivity contribution in [3.05, 3.63) is 58.0 Å². The maximum atomic E-state index is 6.17. The average molecular weight is 262 g/mol. The molecule has 18 heavy (non-hydrogen) atoms. The lowest BCUT2D eigenvalue weighted by Gasteiger charge is -2.11. The molecule has 3 rings (SSSR count). The third-order valence-electron chi connectivity index (χ3n) is 3.66. The number of aryl methyl sites for hydroxylation is 2. The van der Waals surface area contributed by atoms with Crippen LogP contribution in [0.3, 0.4) is 0 Å². The molecule has 2 nitrogen and oxygen atoms in total. The molecule has 1 aliphatic carbocycles. The maximum absolute atomic E-state index is 6.17. The van der Waals surface area contributed by atoms with Crippen molar-refractivity contribution in [2.45, 2.75) is 31.7 Å². The number of nitrogens with two attached hydrogens (primary N) is 1. The summed E-state index contributed by atoms with van der Waals surface area (Å²) in [4.78, 5) is 0. The summed E-state index contributed by atoms with van der Waals surface area (Å²) in [5, 5.41) is 0.406. The number of furan rings is 1. The van der Waals surface area contributed by atoms with Gasteiger partial charge in [-0.05, 0) is 60.0 Å². The zero-order valence-corrected chi connectivity index (χ0v) is 10.9. The molecule has 1 aromatic carbocycles. The molecular weight excluding hydrogens is 246 g/mol. The molecule has 0 radical (unpaired) electrons. The number of fused-ring (bicyclic) bond motifs is 1. The van der Waals surface area contributed by atoms with Gasteiger partial charge in [-0.25, -0.2) is 0 Å². The summed E-state index contributed by atoms with van der Waals surface area (Å²) in [6.45, 7) is 0. The van der Waals surface area contributed by atoms with Crippen molar-refractivity contribution in [3.8, 4) is 0 Å². The standard InChI is InChI=1S/C15H16ClNO/c16-15-13(6-7-18-15)14(17)9-10-4-5-11-2-1-3-12(11)8-10/h4-8,14H,1-3,9,17H2. The van der Waals surface area contributed by atoms with E-state index in [9.17, 15) is 0 Å². The molecule has 0 saturated carbocycles. The van der Waals surface area contributed by atoms with Crippen LogP contribution in [0.2, 0.25) is 5.22 Å². The summed E-state index contributed by atoms with van der Waals surface area (Å²) >= 11 is 5.95. The first-order chi connectivity index (χ1) is 8.74. The van der Waals surface area contributed by atoms with Gasteiger partial charge in [-0.1, -0.05) is 18.2 Å². The van der Waals surface area contributed by atoms with Gasteiger partial charge in [0.15, 0.2) is 5.22 Å². The molecule has 0 aliphatic heterocycles. The zero-order chi connectivity index (χ0) is 12.5. The topological polar surface area (TPSA) is 39.2 Å². The SMILES string of the molecule is NC(Cc1ccc2c(c1)CCC2)c1ccoc1Cl. The van der Waals surface area contributed by atoms with E-state index in [1.54, 1.807) is 6.26 Å². The number of hydrogen-bond donors (Lipinski definition) is 1. The van der Waals surface area contributed by atoms with Crippen molar-refractivity contribution in [3.63, 3.8) is 0 Å². The second kappa shape index (κ2) is 4.79.